The maximum Gasteiger partial charge on any atom is 0.106 e. The van der Waals surface area contributed by atoms with Crippen LogP contribution < -0.4 is 0 Å². The molecule has 0 fully saturated rings. The van der Waals surface area contributed by atoms with Gasteiger partial charge in [0, 0.05) is 18.6 Å². The van der Waals surface area contributed by atoms with E-state index in [-0.39, 0.29) is 0 Å². The number of hydrogen-bond acceptors (Lipinski definition) is 3. The average Bonchev–Trinajstić information content (AvgIpc) is 2.55. The summed E-state index contributed by atoms with van der Waals surface area (Å²) >= 11 is 0. The van der Waals surface area contributed by atoms with Crippen molar-refractivity contribution in [3.05, 3.63) is 30.1 Å². The zero-order valence-electron chi connectivity index (χ0n) is 14.3. The quantitative estimate of drug-likeness (QED) is 0.278. The molecule has 1 aromatic heterocycles. The fourth-order valence-corrected chi connectivity index (χ4v) is 2.64. The second kappa shape index (κ2) is 13.3. The van der Waals surface area contributed by atoms with Gasteiger partial charge in [-0.3, -0.25) is 4.98 Å². The molecular weight excluding hydrogens is 272 g/mol. The van der Waals surface area contributed by atoms with E-state index in [1.807, 2.05) is 24.7 Å². The fourth-order valence-electron chi connectivity index (χ4n) is 2.64. The van der Waals surface area contributed by atoms with Crippen LogP contribution in [0.2, 0.25) is 0 Å². The van der Waals surface area contributed by atoms with Crippen LogP contribution in [0.25, 0.3) is 0 Å². The van der Waals surface area contributed by atoms with Gasteiger partial charge in [0.25, 0.3) is 0 Å². The molecule has 1 unspecified atom stereocenters. The van der Waals surface area contributed by atoms with Crippen LogP contribution in [0.1, 0.15) is 70.3 Å². The first-order valence-corrected chi connectivity index (χ1v) is 8.78. The van der Waals surface area contributed by atoms with Gasteiger partial charge in [0.1, 0.15) is 7.11 Å². The largest absolute Gasteiger partial charge is 0.399 e. The summed E-state index contributed by atoms with van der Waals surface area (Å²) in [6, 6.07) is 4.20. The first-order valence-electron chi connectivity index (χ1n) is 8.78. The van der Waals surface area contributed by atoms with Gasteiger partial charge in [-0.05, 0) is 36.8 Å². The van der Waals surface area contributed by atoms with Gasteiger partial charge >= 0.3 is 0 Å². The highest BCUT2D eigenvalue weighted by atomic mass is 16.6. The van der Waals surface area contributed by atoms with E-state index in [1.165, 1.54) is 69.8 Å². The molecule has 0 aliphatic carbocycles. The van der Waals surface area contributed by atoms with E-state index in [1.54, 1.807) is 7.11 Å². The third kappa shape index (κ3) is 10.4. The van der Waals surface area contributed by atoms with Gasteiger partial charge in [-0.1, -0.05) is 63.1 Å². The summed E-state index contributed by atoms with van der Waals surface area (Å²) in [5, 5.41) is 3.82. The number of hydrogen-bond donors (Lipinski definition) is 0. The van der Waals surface area contributed by atoms with Crippen LogP contribution >= 0.6 is 0 Å². The van der Waals surface area contributed by atoms with Gasteiger partial charge in [0.15, 0.2) is 0 Å². The highest BCUT2D eigenvalue weighted by Gasteiger charge is 1.99. The predicted octanol–water partition coefficient (Wildman–Crippen LogP) is 5.40. The Morgan fingerprint density at radius 2 is 1.77 bits per heavy atom. The number of unbranched alkanes of at least 4 members (excludes halogenated alkanes) is 7. The molecule has 0 aliphatic heterocycles. The average molecular weight is 304 g/mol. The Labute approximate surface area is 136 Å². The van der Waals surface area contributed by atoms with Gasteiger partial charge in [-0.15, -0.1) is 0 Å². The zero-order valence-corrected chi connectivity index (χ0v) is 14.3. The van der Waals surface area contributed by atoms with Crippen LogP contribution in [0, 0.1) is 5.92 Å². The van der Waals surface area contributed by atoms with Crippen molar-refractivity contribution in [3.63, 3.8) is 0 Å². The van der Waals surface area contributed by atoms with Crippen LogP contribution in [0.3, 0.4) is 0 Å². The van der Waals surface area contributed by atoms with E-state index in [0.717, 1.165) is 0 Å². The van der Waals surface area contributed by atoms with E-state index in [4.69, 9.17) is 4.84 Å². The van der Waals surface area contributed by atoms with Gasteiger partial charge in [0.05, 0.1) is 0 Å². The molecule has 0 saturated heterocycles. The molecule has 1 rings (SSSR count). The Morgan fingerprint density at radius 1 is 1.09 bits per heavy atom. The molecule has 0 N–H and O–H groups in total. The van der Waals surface area contributed by atoms with Crippen molar-refractivity contribution in [2.24, 2.45) is 11.1 Å². The van der Waals surface area contributed by atoms with Gasteiger partial charge < -0.3 is 4.84 Å². The maximum absolute atomic E-state index is 4.70. The van der Waals surface area contributed by atoms with Crippen LogP contribution in [-0.4, -0.2) is 18.3 Å². The van der Waals surface area contributed by atoms with Crippen molar-refractivity contribution in [2.45, 2.75) is 71.1 Å². The fraction of sp³-hybridized carbons (Fsp3) is 0.684. The Balaban J connectivity index is 1.83. The smallest absolute Gasteiger partial charge is 0.106 e. The summed E-state index contributed by atoms with van der Waals surface area (Å²) in [6.07, 6.45) is 18.9. The molecular formula is C19H32N2O. The summed E-state index contributed by atoms with van der Waals surface area (Å²) in [4.78, 5) is 8.85. The van der Waals surface area contributed by atoms with Crippen molar-refractivity contribution in [1.29, 1.82) is 0 Å². The minimum absolute atomic E-state index is 0.535. The van der Waals surface area contributed by atoms with E-state index in [2.05, 4.69) is 23.1 Å². The summed E-state index contributed by atoms with van der Waals surface area (Å²) in [5.41, 5.74) is 1.37. The molecule has 22 heavy (non-hydrogen) atoms. The maximum atomic E-state index is 4.70. The molecule has 0 aliphatic rings. The Morgan fingerprint density at radius 3 is 2.41 bits per heavy atom. The molecule has 0 bridgehead atoms. The lowest BCUT2D eigenvalue weighted by molar-refractivity contribution is 0.213. The minimum atomic E-state index is 0.535. The van der Waals surface area contributed by atoms with Crippen LogP contribution in [0.15, 0.2) is 29.7 Å². The number of nitrogens with zero attached hydrogens (tertiary/aromatic N) is 2. The lowest BCUT2D eigenvalue weighted by Gasteiger charge is -2.05. The van der Waals surface area contributed by atoms with Crippen molar-refractivity contribution in [1.82, 2.24) is 4.98 Å². The third-order valence-electron chi connectivity index (χ3n) is 4.02. The van der Waals surface area contributed by atoms with Gasteiger partial charge in [0.2, 0.25) is 0 Å². The number of rotatable bonds is 13. The molecule has 3 heteroatoms. The number of aryl methyl sites for hydroxylation is 1. The van der Waals surface area contributed by atoms with Crippen molar-refractivity contribution >= 4 is 6.21 Å². The van der Waals surface area contributed by atoms with E-state index in [9.17, 15) is 0 Å². The zero-order chi connectivity index (χ0) is 15.9. The molecule has 124 valence electrons. The summed E-state index contributed by atoms with van der Waals surface area (Å²) in [7, 11) is 1.60. The van der Waals surface area contributed by atoms with Crippen molar-refractivity contribution in [3.8, 4) is 0 Å². The lowest BCUT2D eigenvalue weighted by Crippen LogP contribution is -1.96. The monoisotopic (exact) mass is 304 g/mol. The second-order valence-corrected chi connectivity index (χ2v) is 6.14. The number of aromatic nitrogens is 1. The van der Waals surface area contributed by atoms with E-state index < -0.39 is 0 Å². The molecule has 0 radical (unpaired) electrons. The SMILES string of the molecule is CO/N=C/C(C)CCCCCCCCCCc1cccnc1. The molecule has 0 spiro atoms. The molecule has 0 amide bonds. The Kier molecular flexibility index (Phi) is 11.3. The highest BCUT2D eigenvalue weighted by Crippen LogP contribution is 2.13. The topological polar surface area (TPSA) is 34.5 Å². The molecule has 1 heterocycles. The Hall–Kier alpha value is -1.38. The number of oxime groups is 1. The minimum Gasteiger partial charge on any atom is -0.399 e. The van der Waals surface area contributed by atoms with E-state index >= 15 is 0 Å². The number of pyridine rings is 1. The Bertz CT molecular complexity index is 378. The molecule has 3 nitrogen and oxygen atoms in total. The highest BCUT2D eigenvalue weighted by molar-refractivity contribution is 5.59. The van der Waals surface area contributed by atoms with E-state index in [0.29, 0.717) is 5.92 Å². The molecule has 0 saturated carbocycles. The molecule has 1 aromatic rings. The lowest BCUT2D eigenvalue weighted by atomic mass is 10.0. The first kappa shape index (κ1) is 18.7. The molecule has 0 aromatic carbocycles. The van der Waals surface area contributed by atoms with Gasteiger partial charge in [-0.2, -0.15) is 0 Å². The first-order chi connectivity index (χ1) is 10.8. The van der Waals surface area contributed by atoms with Crippen molar-refractivity contribution in [2.75, 3.05) is 7.11 Å². The van der Waals surface area contributed by atoms with Crippen LogP contribution in [0.4, 0.5) is 0 Å². The standard InChI is InChI=1S/C19H32N2O/c1-18(16-21-22-2)12-9-7-5-3-4-6-8-10-13-19-14-11-15-20-17-19/h11,14-18H,3-10,12-13H2,1-2H3/b21-16+. The summed E-state index contributed by atoms with van der Waals surface area (Å²) in [6.45, 7) is 2.20. The van der Waals surface area contributed by atoms with Crippen LogP contribution in [-0.2, 0) is 11.3 Å². The van der Waals surface area contributed by atoms with Crippen molar-refractivity contribution < 1.29 is 4.84 Å². The predicted molar refractivity (Wildman–Crippen MR) is 94.2 cm³/mol. The molecule has 1 atom stereocenters. The van der Waals surface area contributed by atoms with Gasteiger partial charge in [-0.25, -0.2) is 0 Å². The normalized spacial score (nSPS) is 12.6. The summed E-state index contributed by atoms with van der Waals surface area (Å²) < 4.78 is 0. The third-order valence-corrected chi connectivity index (χ3v) is 4.02. The van der Waals surface area contributed by atoms with Crippen LogP contribution in [0.5, 0.6) is 0 Å². The summed E-state index contributed by atoms with van der Waals surface area (Å²) in [5.74, 6) is 0.535. The second-order valence-electron chi connectivity index (χ2n) is 6.14.